The number of Topliss-reactive ketones (excluding diaryl/α,β-unsaturated/α-hetero) is 1. The Morgan fingerprint density at radius 2 is 1.62 bits per heavy atom. The van der Waals surface area contributed by atoms with Gasteiger partial charge in [-0.1, -0.05) is 63.1 Å². The molecule has 142 valence electrons. The zero-order valence-corrected chi connectivity index (χ0v) is 16.5. The first-order chi connectivity index (χ1) is 12.6. The van der Waals surface area contributed by atoms with Gasteiger partial charge >= 0.3 is 0 Å². The Bertz CT molecular complexity index is 696. The van der Waals surface area contributed by atoms with Gasteiger partial charge in [0.1, 0.15) is 5.78 Å². The van der Waals surface area contributed by atoms with Gasteiger partial charge in [0.2, 0.25) is 0 Å². The van der Waals surface area contributed by atoms with E-state index in [1.807, 2.05) is 69.3 Å². The Balaban J connectivity index is 0.00000218. The van der Waals surface area contributed by atoms with Gasteiger partial charge < -0.3 is 5.32 Å². The summed E-state index contributed by atoms with van der Waals surface area (Å²) < 4.78 is 0. The molecule has 3 nitrogen and oxygen atoms in total. The molecule has 0 saturated carbocycles. The molecule has 2 rings (SSSR count). The Morgan fingerprint density at radius 3 is 2.27 bits per heavy atom. The number of benzene rings is 2. The number of carbonyl (C=O) groups is 2. The van der Waals surface area contributed by atoms with Crippen molar-refractivity contribution in [1.29, 1.82) is 0 Å². The van der Waals surface area contributed by atoms with Gasteiger partial charge in [0.15, 0.2) is 0 Å². The number of amides is 1. The van der Waals surface area contributed by atoms with Crippen LogP contribution in [0.25, 0.3) is 0 Å². The van der Waals surface area contributed by atoms with Crippen LogP contribution >= 0.6 is 0 Å². The fraction of sp³-hybridized carbons (Fsp3) is 0.391. The second kappa shape index (κ2) is 12.0. The van der Waals surface area contributed by atoms with Crippen LogP contribution in [0.5, 0.6) is 0 Å². The smallest absolute Gasteiger partial charge is 0.255 e. The van der Waals surface area contributed by atoms with E-state index in [2.05, 4.69) is 12.2 Å². The van der Waals surface area contributed by atoms with Crippen LogP contribution in [0.1, 0.15) is 69.4 Å². The van der Waals surface area contributed by atoms with Crippen molar-refractivity contribution in [2.45, 2.75) is 59.8 Å². The fourth-order valence-electron chi connectivity index (χ4n) is 2.57. The Labute approximate surface area is 159 Å². The molecule has 0 unspecified atom stereocenters. The summed E-state index contributed by atoms with van der Waals surface area (Å²) >= 11 is 0. The highest BCUT2D eigenvalue weighted by molar-refractivity contribution is 6.05. The van der Waals surface area contributed by atoms with E-state index in [1.165, 1.54) is 0 Å². The summed E-state index contributed by atoms with van der Waals surface area (Å²) in [6.07, 6.45) is 3.71. The van der Waals surface area contributed by atoms with E-state index in [-0.39, 0.29) is 13.1 Å². The van der Waals surface area contributed by atoms with Gasteiger partial charge in [-0.05, 0) is 43.5 Å². The first-order valence-electron chi connectivity index (χ1n) is 9.57. The average molecular weight is 356 g/mol. The summed E-state index contributed by atoms with van der Waals surface area (Å²) in [7, 11) is 0. The van der Waals surface area contributed by atoms with Crippen molar-refractivity contribution in [3.8, 4) is 0 Å². The van der Waals surface area contributed by atoms with Crippen LogP contribution in [-0.2, 0) is 11.2 Å². The van der Waals surface area contributed by atoms with E-state index in [0.717, 1.165) is 29.7 Å². The Hall–Kier alpha value is -2.42. The van der Waals surface area contributed by atoms with E-state index in [9.17, 15) is 9.59 Å². The molecule has 0 fully saturated rings. The molecule has 26 heavy (non-hydrogen) atoms. The summed E-state index contributed by atoms with van der Waals surface area (Å²) in [6.45, 7) is 8.09. The number of rotatable bonds is 8. The zero-order valence-electron chi connectivity index (χ0n) is 16.5. The van der Waals surface area contributed by atoms with E-state index < -0.39 is 0 Å². The third kappa shape index (κ3) is 7.22. The minimum absolute atomic E-state index is 0. The molecule has 0 atom stereocenters. The van der Waals surface area contributed by atoms with Crippen molar-refractivity contribution in [3.63, 3.8) is 0 Å². The van der Waals surface area contributed by atoms with Gasteiger partial charge in [-0.25, -0.2) is 0 Å². The SMILES string of the molecule is CC.CCCCC(=O)CCc1ccccc1C(=O)Nc1ccc(C)cc1.[HH]. The molecule has 0 heterocycles. The quantitative estimate of drug-likeness (QED) is 0.611. The molecule has 0 aromatic heterocycles. The number of nitrogens with one attached hydrogen (secondary N) is 1. The van der Waals surface area contributed by atoms with Gasteiger partial charge in [-0.3, -0.25) is 9.59 Å². The summed E-state index contributed by atoms with van der Waals surface area (Å²) in [5.74, 6) is 0.140. The number of hydrogen-bond acceptors (Lipinski definition) is 2. The minimum Gasteiger partial charge on any atom is -0.322 e. The molecule has 0 aliphatic carbocycles. The predicted octanol–water partition coefficient (Wildman–Crippen LogP) is 6.21. The number of carbonyl (C=O) groups excluding carboxylic acids is 2. The van der Waals surface area contributed by atoms with E-state index in [1.54, 1.807) is 0 Å². The lowest BCUT2D eigenvalue weighted by atomic mass is 9.99. The second-order valence-electron chi connectivity index (χ2n) is 6.12. The molecular formula is C23H33NO2. The monoisotopic (exact) mass is 355 g/mol. The van der Waals surface area contributed by atoms with Gasteiger partial charge in [-0.15, -0.1) is 0 Å². The molecule has 0 aliphatic heterocycles. The minimum atomic E-state index is -0.129. The second-order valence-corrected chi connectivity index (χ2v) is 6.12. The molecule has 1 amide bonds. The highest BCUT2D eigenvalue weighted by Crippen LogP contribution is 2.16. The van der Waals surface area contributed by atoms with E-state index in [0.29, 0.717) is 24.8 Å². The summed E-state index contributed by atoms with van der Waals surface area (Å²) in [4.78, 5) is 24.4. The van der Waals surface area contributed by atoms with Gasteiger partial charge in [0.05, 0.1) is 0 Å². The topological polar surface area (TPSA) is 46.2 Å². The largest absolute Gasteiger partial charge is 0.322 e. The summed E-state index contributed by atoms with van der Waals surface area (Å²) in [5.41, 5.74) is 3.49. The molecule has 2 aromatic carbocycles. The lowest BCUT2D eigenvalue weighted by Crippen LogP contribution is -2.14. The Morgan fingerprint density at radius 1 is 0.962 bits per heavy atom. The lowest BCUT2D eigenvalue weighted by molar-refractivity contribution is -0.119. The summed E-state index contributed by atoms with van der Waals surface area (Å²) in [5, 5.41) is 2.92. The van der Waals surface area contributed by atoms with Crippen LogP contribution in [0.15, 0.2) is 48.5 Å². The molecule has 3 heteroatoms. The molecule has 0 saturated heterocycles. The van der Waals surface area contributed by atoms with Gasteiger partial charge in [0, 0.05) is 25.5 Å². The highest BCUT2D eigenvalue weighted by atomic mass is 16.1. The van der Waals surface area contributed by atoms with Crippen LogP contribution < -0.4 is 5.32 Å². The first kappa shape index (κ1) is 21.6. The molecule has 1 N–H and O–H groups in total. The maximum Gasteiger partial charge on any atom is 0.255 e. The van der Waals surface area contributed by atoms with Gasteiger partial charge in [-0.2, -0.15) is 0 Å². The fourth-order valence-corrected chi connectivity index (χ4v) is 2.57. The number of hydrogen-bond donors (Lipinski definition) is 1. The van der Waals surface area contributed by atoms with Crippen molar-refractivity contribution in [2.75, 3.05) is 5.32 Å². The lowest BCUT2D eigenvalue weighted by Gasteiger charge is -2.10. The van der Waals surface area contributed by atoms with Crippen molar-refractivity contribution in [3.05, 3.63) is 65.2 Å². The number of aryl methyl sites for hydroxylation is 2. The molecule has 0 bridgehead atoms. The van der Waals surface area contributed by atoms with Crippen LogP contribution in [0.3, 0.4) is 0 Å². The number of unbranched alkanes of at least 4 members (excludes halogenated alkanes) is 1. The van der Waals surface area contributed by atoms with Crippen molar-refractivity contribution >= 4 is 17.4 Å². The molecular weight excluding hydrogens is 322 g/mol. The van der Waals surface area contributed by atoms with Crippen LogP contribution in [0.2, 0.25) is 0 Å². The van der Waals surface area contributed by atoms with Crippen molar-refractivity contribution in [1.82, 2.24) is 0 Å². The number of anilines is 1. The third-order valence-electron chi connectivity index (χ3n) is 4.05. The standard InChI is InChI=1S/C21H25NO2.C2H6.H2/c1-3-4-8-19(23)15-12-17-7-5-6-9-20(17)21(24)22-18-13-10-16(2)11-14-18;1-2;/h5-7,9-11,13-14H,3-4,8,12,15H2,1-2H3,(H,22,24);1-2H3;1H. The molecule has 0 radical (unpaired) electrons. The predicted molar refractivity (Wildman–Crippen MR) is 112 cm³/mol. The average Bonchev–Trinajstić information content (AvgIpc) is 2.68. The maximum absolute atomic E-state index is 12.5. The third-order valence-corrected chi connectivity index (χ3v) is 4.05. The zero-order chi connectivity index (χ0) is 19.4. The molecule has 2 aromatic rings. The van der Waals surface area contributed by atoms with Crippen molar-refractivity contribution < 1.29 is 11.0 Å². The van der Waals surface area contributed by atoms with E-state index in [4.69, 9.17) is 0 Å². The van der Waals surface area contributed by atoms with E-state index >= 15 is 0 Å². The molecule has 0 spiro atoms. The van der Waals surface area contributed by atoms with Crippen molar-refractivity contribution in [2.24, 2.45) is 0 Å². The van der Waals surface area contributed by atoms with Gasteiger partial charge in [0.25, 0.3) is 5.91 Å². The molecule has 0 aliphatic rings. The van der Waals surface area contributed by atoms with Crippen LogP contribution in [0.4, 0.5) is 5.69 Å². The maximum atomic E-state index is 12.5. The Kier molecular flexibility index (Phi) is 9.99. The normalized spacial score (nSPS) is 9.85. The number of ketones is 1. The highest BCUT2D eigenvalue weighted by Gasteiger charge is 2.12. The summed E-state index contributed by atoms with van der Waals surface area (Å²) in [6, 6.07) is 15.2. The first-order valence-corrected chi connectivity index (χ1v) is 9.57. The van der Waals surface area contributed by atoms with Crippen LogP contribution in [0, 0.1) is 6.92 Å². The van der Waals surface area contributed by atoms with Crippen LogP contribution in [-0.4, -0.2) is 11.7 Å².